The zero-order valence-electron chi connectivity index (χ0n) is 15.2. The average Bonchev–Trinajstić information content (AvgIpc) is 2.73. The number of pyridine rings is 1. The number of para-hydroxylation sites is 1. The summed E-state index contributed by atoms with van der Waals surface area (Å²) in [6.45, 7) is 1.70. The van der Waals surface area contributed by atoms with Crippen LogP contribution in [0, 0.1) is 18.6 Å². The van der Waals surface area contributed by atoms with Gasteiger partial charge < -0.3 is 5.32 Å². The molecule has 3 rings (SSSR count). The molecular formula is C21H19F2N3O2. The maximum Gasteiger partial charge on any atom is 0.276 e. The summed E-state index contributed by atoms with van der Waals surface area (Å²) in [5.41, 5.74) is 4.50. The van der Waals surface area contributed by atoms with Gasteiger partial charge in [0.25, 0.3) is 5.91 Å². The van der Waals surface area contributed by atoms with Crippen molar-refractivity contribution in [2.24, 2.45) is 0 Å². The molecule has 0 aliphatic rings. The third-order valence-electron chi connectivity index (χ3n) is 4.15. The summed E-state index contributed by atoms with van der Waals surface area (Å²) in [5.74, 6) is -2.39. The second-order valence-corrected chi connectivity index (χ2v) is 6.14. The largest absolute Gasteiger partial charge is 0.380 e. The first-order chi connectivity index (χ1) is 13.6. The van der Waals surface area contributed by atoms with Crippen molar-refractivity contribution in [2.75, 3.05) is 5.32 Å². The summed E-state index contributed by atoms with van der Waals surface area (Å²) in [6.07, 6.45) is 3.38. The molecule has 2 aromatic carbocycles. The van der Waals surface area contributed by atoms with Crippen molar-refractivity contribution in [1.29, 1.82) is 0 Å². The maximum absolute atomic E-state index is 13.9. The predicted molar refractivity (Wildman–Crippen MR) is 101 cm³/mol. The monoisotopic (exact) mass is 383 g/mol. The molecule has 0 spiro atoms. The zero-order chi connectivity index (χ0) is 19.9. The standard InChI is InChI=1S/C21H19F2N3O2/c1-14-6-7-16(20(23)19(14)22)13-28-26-21(27)17-4-2-3-5-18(17)25-12-15-8-10-24-11-9-15/h2-11,25H,12-13H2,1H3,(H,26,27). The van der Waals surface area contributed by atoms with E-state index in [0.717, 1.165) is 5.56 Å². The van der Waals surface area contributed by atoms with Crippen LogP contribution in [-0.4, -0.2) is 10.9 Å². The number of anilines is 1. The van der Waals surface area contributed by atoms with Crippen LogP contribution in [0.25, 0.3) is 0 Å². The zero-order valence-corrected chi connectivity index (χ0v) is 15.2. The summed E-state index contributed by atoms with van der Waals surface area (Å²) in [5, 5.41) is 3.19. The van der Waals surface area contributed by atoms with E-state index in [1.54, 1.807) is 36.7 Å². The normalized spacial score (nSPS) is 10.5. The fourth-order valence-corrected chi connectivity index (χ4v) is 2.57. The van der Waals surface area contributed by atoms with E-state index in [1.165, 1.54) is 19.1 Å². The van der Waals surface area contributed by atoms with Gasteiger partial charge in [-0.2, -0.15) is 0 Å². The van der Waals surface area contributed by atoms with Gasteiger partial charge in [0.15, 0.2) is 11.6 Å². The lowest BCUT2D eigenvalue weighted by Crippen LogP contribution is -2.25. The highest BCUT2D eigenvalue weighted by Gasteiger charge is 2.14. The molecule has 0 saturated heterocycles. The second kappa shape index (κ2) is 9.05. The maximum atomic E-state index is 13.9. The quantitative estimate of drug-likeness (QED) is 0.602. The minimum Gasteiger partial charge on any atom is -0.380 e. The number of benzene rings is 2. The summed E-state index contributed by atoms with van der Waals surface area (Å²) in [4.78, 5) is 21.5. The highest BCUT2D eigenvalue weighted by atomic mass is 19.2. The van der Waals surface area contributed by atoms with Crippen LogP contribution >= 0.6 is 0 Å². The van der Waals surface area contributed by atoms with Gasteiger partial charge in [-0.25, -0.2) is 14.3 Å². The minimum atomic E-state index is -0.978. The Kier molecular flexibility index (Phi) is 6.29. The Morgan fingerprint density at radius 3 is 2.57 bits per heavy atom. The number of carbonyl (C=O) groups excluding carboxylic acids is 1. The number of nitrogens with zero attached hydrogens (tertiary/aromatic N) is 1. The molecule has 0 aliphatic heterocycles. The lowest BCUT2D eigenvalue weighted by atomic mass is 10.1. The Bertz CT molecular complexity index is 965. The molecule has 0 unspecified atom stereocenters. The third-order valence-corrected chi connectivity index (χ3v) is 4.15. The first-order valence-corrected chi connectivity index (χ1v) is 8.63. The molecule has 0 atom stereocenters. The molecule has 0 radical (unpaired) electrons. The van der Waals surface area contributed by atoms with E-state index in [0.29, 0.717) is 17.8 Å². The van der Waals surface area contributed by atoms with Gasteiger partial charge >= 0.3 is 0 Å². The smallest absolute Gasteiger partial charge is 0.276 e. The van der Waals surface area contributed by atoms with Crippen LogP contribution in [-0.2, 0) is 18.0 Å². The van der Waals surface area contributed by atoms with E-state index in [2.05, 4.69) is 15.8 Å². The molecule has 144 valence electrons. The summed E-state index contributed by atoms with van der Waals surface area (Å²) < 4.78 is 27.4. The number of aromatic nitrogens is 1. The van der Waals surface area contributed by atoms with Gasteiger partial charge in [-0.05, 0) is 42.3 Å². The number of amides is 1. The molecule has 5 nitrogen and oxygen atoms in total. The molecule has 0 bridgehead atoms. The van der Waals surface area contributed by atoms with Crippen LogP contribution in [0.3, 0.4) is 0 Å². The van der Waals surface area contributed by atoms with Gasteiger partial charge in [-0.3, -0.25) is 14.6 Å². The van der Waals surface area contributed by atoms with Crippen molar-refractivity contribution < 1.29 is 18.4 Å². The number of halogens is 2. The lowest BCUT2D eigenvalue weighted by Gasteiger charge is -2.12. The lowest BCUT2D eigenvalue weighted by molar-refractivity contribution is 0.0222. The fourth-order valence-electron chi connectivity index (χ4n) is 2.57. The average molecular weight is 383 g/mol. The van der Waals surface area contributed by atoms with Gasteiger partial charge in [0.2, 0.25) is 0 Å². The Morgan fingerprint density at radius 1 is 1.04 bits per heavy atom. The molecule has 28 heavy (non-hydrogen) atoms. The summed E-state index contributed by atoms with van der Waals surface area (Å²) >= 11 is 0. The highest BCUT2D eigenvalue weighted by molar-refractivity contribution is 5.98. The van der Waals surface area contributed by atoms with Crippen LogP contribution < -0.4 is 10.8 Å². The van der Waals surface area contributed by atoms with Gasteiger partial charge in [0.1, 0.15) is 6.61 Å². The Labute approximate surface area is 161 Å². The van der Waals surface area contributed by atoms with Crippen molar-refractivity contribution in [1.82, 2.24) is 10.5 Å². The molecular weight excluding hydrogens is 364 g/mol. The van der Waals surface area contributed by atoms with Crippen LogP contribution in [0.1, 0.15) is 27.0 Å². The Morgan fingerprint density at radius 2 is 1.79 bits per heavy atom. The van der Waals surface area contributed by atoms with Gasteiger partial charge in [0.05, 0.1) is 5.56 Å². The van der Waals surface area contributed by atoms with Gasteiger partial charge in [-0.1, -0.05) is 24.3 Å². The number of rotatable bonds is 7. The van der Waals surface area contributed by atoms with Crippen molar-refractivity contribution in [3.8, 4) is 0 Å². The third kappa shape index (κ3) is 4.69. The van der Waals surface area contributed by atoms with Crippen molar-refractivity contribution in [3.63, 3.8) is 0 Å². The molecule has 7 heteroatoms. The molecule has 0 aliphatic carbocycles. The summed E-state index contributed by atoms with van der Waals surface area (Å²) in [7, 11) is 0. The molecule has 1 aromatic heterocycles. The van der Waals surface area contributed by atoms with E-state index >= 15 is 0 Å². The van der Waals surface area contributed by atoms with Crippen LogP contribution in [0.2, 0.25) is 0 Å². The Balaban J connectivity index is 1.61. The topological polar surface area (TPSA) is 63.2 Å². The van der Waals surface area contributed by atoms with Crippen LogP contribution in [0.5, 0.6) is 0 Å². The van der Waals surface area contributed by atoms with Crippen molar-refractivity contribution >= 4 is 11.6 Å². The predicted octanol–water partition coefficient (Wildman–Crippen LogP) is 4.14. The Hall–Kier alpha value is -3.32. The SMILES string of the molecule is Cc1ccc(CONC(=O)c2ccccc2NCc2ccncc2)c(F)c1F. The number of hydrogen-bond acceptors (Lipinski definition) is 4. The van der Waals surface area contributed by atoms with E-state index in [9.17, 15) is 13.6 Å². The number of nitrogens with one attached hydrogen (secondary N) is 2. The molecule has 0 saturated carbocycles. The molecule has 1 heterocycles. The van der Waals surface area contributed by atoms with Crippen LogP contribution in [0.4, 0.5) is 14.5 Å². The highest BCUT2D eigenvalue weighted by Crippen LogP contribution is 2.18. The first kappa shape index (κ1) is 19.4. The van der Waals surface area contributed by atoms with E-state index in [-0.39, 0.29) is 17.7 Å². The number of carbonyl (C=O) groups is 1. The molecule has 1 amide bonds. The minimum absolute atomic E-state index is 0.0208. The summed E-state index contributed by atoms with van der Waals surface area (Å²) in [6, 6.07) is 13.5. The van der Waals surface area contributed by atoms with Crippen LogP contribution in [0.15, 0.2) is 60.9 Å². The van der Waals surface area contributed by atoms with E-state index in [4.69, 9.17) is 4.84 Å². The van der Waals surface area contributed by atoms with E-state index < -0.39 is 17.5 Å². The molecule has 0 fully saturated rings. The first-order valence-electron chi connectivity index (χ1n) is 8.63. The number of aryl methyl sites for hydroxylation is 1. The number of hydroxylamine groups is 1. The molecule has 3 aromatic rings. The van der Waals surface area contributed by atoms with Gasteiger partial charge in [-0.15, -0.1) is 0 Å². The second-order valence-electron chi connectivity index (χ2n) is 6.14. The molecule has 2 N–H and O–H groups in total. The van der Waals surface area contributed by atoms with Gasteiger partial charge in [0, 0.05) is 30.2 Å². The van der Waals surface area contributed by atoms with Crippen molar-refractivity contribution in [2.45, 2.75) is 20.1 Å². The van der Waals surface area contributed by atoms with E-state index in [1.807, 2.05) is 12.1 Å². The van der Waals surface area contributed by atoms with Crippen molar-refractivity contribution in [3.05, 3.63) is 94.8 Å². The fraction of sp³-hybridized carbons (Fsp3) is 0.143. The number of hydrogen-bond donors (Lipinski definition) is 2.